The molecule has 2 rings (SSSR count). The maximum atomic E-state index is 13.6. The zero-order chi connectivity index (χ0) is 15.4. The fourth-order valence-corrected chi connectivity index (χ4v) is 1.82. The number of hydrogen-bond acceptors (Lipinski definition) is 2. The van der Waals surface area contributed by atoms with Crippen LogP contribution in [-0.4, -0.2) is 11.9 Å². The zero-order valence-corrected chi connectivity index (χ0v) is 11.4. The van der Waals surface area contributed by atoms with Gasteiger partial charge in [-0.15, -0.1) is 0 Å². The molecule has 0 spiro atoms. The van der Waals surface area contributed by atoms with Crippen LogP contribution >= 0.6 is 11.6 Å². The van der Waals surface area contributed by atoms with Gasteiger partial charge in [0.05, 0.1) is 5.69 Å². The van der Waals surface area contributed by atoms with Crippen LogP contribution in [0.3, 0.4) is 0 Å². The molecule has 0 heterocycles. The van der Waals surface area contributed by atoms with E-state index in [0.29, 0.717) is 5.69 Å². The highest BCUT2D eigenvalue weighted by Crippen LogP contribution is 2.20. The molecule has 3 amide bonds. The van der Waals surface area contributed by atoms with E-state index in [1.165, 1.54) is 24.3 Å². The van der Waals surface area contributed by atoms with Gasteiger partial charge in [0.2, 0.25) is 0 Å². The maximum Gasteiger partial charge on any atom is 0.316 e. The Labute approximate surface area is 124 Å². The lowest BCUT2D eigenvalue weighted by Gasteiger charge is -2.08. The Kier molecular flexibility index (Phi) is 4.39. The van der Waals surface area contributed by atoms with E-state index in [-0.39, 0.29) is 16.3 Å². The highest BCUT2D eigenvalue weighted by atomic mass is 35.5. The van der Waals surface area contributed by atoms with Crippen molar-refractivity contribution < 1.29 is 14.0 Å². The average Bonchev–Trinajstić information content (AvgIpc) is 2.41. The Hall–Kier alpha value is -2.60. The molecule has 0 saturated heterocycles. The van der Waals surface area contributed by atoms with Crippen molar-refractivity contribution in [1.82, 2.24) is 0 Å². The summed E-state index contributed by atoms with van der Waals surface area (Å²) < 4.78 is 13.6. The molecular formula is C14H11ClFN3O2. The van der Waals surface area contributed by atoms with Crippen molar-refractivity contribution in [3.05, 3.63) is 58.9 Å². The molecule has 0 saturated carbocycles. The third kappa shape index (κ3) is 3.93. The first-order chi connectivity index (χ1) is 9.95. The van der Waals surface area contributed by atoms with E-state index in [1.54, 1.807) is 12.1 Å². The van der Waals surface area contributed by atoms with E-state index in [2.05, 4.69) is 10.6 Å². The first kappa shape index (κ1) is 14.8. The van der Waals surface area contributed by atoms with Crippen molar-refractivity contribution in [2.45, 2.75) is 0 Å². The largest absolute Gasteiger partial charge is 0.351 e. The van der Waals surface area contributed by atoms with E-state index in [0.717, 1.165) is 6.07 Å². The van der Waals surface area contributed by atoms with Crippen LogP contribution in [0, 0.1) is 5.82 Å². The van der Waals surface area contributed by atoms with Gasteiger partial charge in [0.25, 0.3) is 5.91 Å². The lowest BCUT2D eigenvalue weighted by molar-refractivity contribution is 0.102. The molecule has 0 aromatic heterocycles. The fourth-order valence-electron chi connectivity index (χ4n) is 1.67. The molecule has 0 aliphatic rings. The minimum absolute atomic E-state index is 0.0117. The standard InChI is InChI=1S/C14H11ClFN3O2/c15-9-4-5-12(11(16)7-9)19-13(20)8-2-1-3-10(6-8)18-14(17)21/h1-7H,(H,19,20)(H3,17,18,21). The van der Waals surface area contributed by atoms with Gasteiger partial charge >= 0.3 is 6.03 Å². The van der Waals surface area contributed by atoms with Crippen LogP contribution in [0.25, 0.3) is 0 Å². The number of nitrogens with two attached hydrogens (primary N) is 1. The first-order valence-electron chi connectivity index (χ1n) is 5.88. The molecule has 0 aliphatic heterocycles. The summed E-state index contributed by atoms with van der Waals surface area (Å²) in [6.07, 6.45) is 0. The van der Waals surface area contributed by atoms with Crippen LogP contribution in [0.4, 0.5) is 20.6 Å². The summed E-state index contributed by atoms with van der Waals surface area (Å²) in [5.41, 5.74) is 5.62. The van der Waals surface area contributed by atoms with Gasteiger partial charge < -0.3 is 16.4 Å². The highest BCUT2D eigenvalue weighted by molar-refractivity contribution is 6.30. The predicted octanol–water partition coefficient (Wildman–Crippen LogP) is 3.22. The first-order valence-corrected chi connectivity index (χ1v) is 6.26. The van der Waals surface area contributed by atoms with Gasteiger partial charge in [0, 0.05) is 16.3 Å². The van der Waals surface area contributed by atoms with Crippen molar-refractivity contribution in [3.8, 4) is 0 Å². The van der Waals surface area contributed by atoms with E-state index >= 15 is 0 Å². The van der Waals surface area contributed by atoms with Crippen molar-refractivity contribution in [2.75, 3.05) is 10.6 Å². The van der Waals surface area contributed by atoms with E-state index in [4.69, 9.17) is 17.3 Å². The Morgan fingerprint density at radius 2 is 1.86 bits per heavy atom. The topological polar surface area (TPSA) is 84.2 Å². The van der Waals surface area contributed by atoms with Gasteiger partial charge in [-0.2, -0.15) is 0 Å². The molecule has 0 unspecified atom stereocenters. The van der Waals surface area contributed by atoms with Crippen molar-refractivity contribution in [3.63, 3.8) is 0 Å². The molecule has 2 aromatic carbocycles. The van der Waals surface area contributed by atoms with Gasteiger partial charge in [-0.25, -0.2) is 9.18 Å². The van der Waals surface area contributed by atoms with Crippen LogP contribution in [0.5, 0.6) is 0 Å². The molecule has 0 atom stereocenters. The van der Waals surface area contributed by atoms with Gasteiger partial charge in [0.1, 0.15) is 5.82 Å². The molecule has 0 bridgehead atoms. The lowest BCUT2D eigenvalue weighted by atomic mass is 10.2. The minimum Gasteiger partial charge on any atom is -0.351 e. The summed E-state index contributed by atoms with van der Waals surface area (Å²) in [6.45, 7) is 0. The predicted molar refractivity (Wildman–Crippen MR) is 79.0 cm³/mol. The SMILES string of the molecule is NC(=O)Nc1cccc(C(=O)Nc2ccc(Cl)cc2F)c1. The monoisotopic (exact) mass is 307 g/mol. The Bertz CT molecular complexity index is 706. The number of hydrogen-bond donors (Lipinski definition) is 3. The van der Waals surface area contributed by atoms with Crippen molar-refractivity contribution in [2.24, 2.45) is 5.73 Å². The Balaban J connectivity index is 2.18. The Morgan fingerprint density at radius 1 is 1.10 bits per heavy atom. The molecule has 4 N–H and O–H groups in total. The van der Waals surface area contributed by atoms with Crippen LogP contribution in [0.1, 0.15) is 10.4 Å². The molecule has 108 valence electrons. The van der Waals surface area contributed by atoms with Crippen molar-refractivity contribution in [1.29, 1.82) is 0 Å². The number of carbonyl (C=O) groups excluding carboxylic acids is 2. The highest BCUT2D eigenvalue weighted by Gasteiger charge is 2.10. The third-order valence-corrected chi connectivity index (χ3v) is 2.81. The number of amides is 3. The number of halogens is 2. The van der Waals surface area contributed by atoms with E-state index in [9.17, 15) is 14.0 Å². The van der Waals surface area contributed by atoms with Crippen molar-refractivity contribution >= 4 is 34.9 Å². The lowest BCUT2D eigenvalue weighted by Crippen LogP contribution is -2.20. The Morgan fingerprint density at radius 3 is 2.52 bits per heavy atom. The second-order valence-electron chi connectivity index (χ2n) is 4.15. The summed E-state index contributed by atoms with van der Waals surface area (Å²) in [4.78, 5) is 22.8. The molecule has 0 aliphatic carbocycles. The van der Waals surface area contributed by atoms with Crippen LogP contribution in [0.2, 0.25) is 5.02 Å². The normalized spacial score (nSPS) is 10.0. The number of urea groups is 1. The number of benzene rings is 2. The number of anilines is 2. The number of rotatable bonds is 3. The second-order valence-corrected chi connectivity index (χ2v) is 4.58. The molecule has 2 aromatic rings. The summed E-state index contributed by atoms with van der Waals surface area (Å²) in [5.74, 6) is -1.16. The van der Waals surface area contributed by atoms with Gasteiger partial charge in [-0.3, -0.25) is 4.79 Å². The number of carbonyl (C=O) groups is 2. The minimum atomic E-state index is -0.740. The molecule has 7 heteroatoms. The average molecular weight is 308 g/mol. The number of nitrogens with one attached hydrogen (secondary N) is 2. The van der Waals surface area contributed by atoms with Crippen LogP contribution in [-0.2, 0) is 0 Å². The van der Waals surface area contributed by atoms with E-state index < -0.39 is 17.8 Å². The van der Waals surface area contributed by atoms with Gasteiger partial charge in [0.15, 0.2) is 0 Å². The van der Waals surface area contributed by atoms with E-state index in [1.807, 2.05) is 0 Å². The second kappa shape index (κ2) is 6.23. The maximum absolute atomic E-state index is 13.6. The fraction of sp³-hybridized carbons (Fsp3) is 0. The summed E-state index contributed by atoms with van der Waals surface area (Å²) >= 11 is 5.63. The smallest absolute Gasteiger partial charge is 0.316 e. The zero-order valence-electron chi connectivity index (χ0n) is 10.7. The molecule has 21 heavy (non-hydrogen) atoms. The molecular weight excluding hydrogens is 297 g/mol. The number of primary amides is 1. The summed E-state index contributed by atoms with van der Waals surface area (Å²) in [6, 6.07) is 9.28. The summed E-state index contributed by atoms with van der Waals surface area (Å²) in [7, 11) is 0. The summed E-state index contributed by atoms with van der Waals surface area (Å²) in [5, 5.41) is 5.00. The molecule has 5 nitrogen and oxygen atoms in total. The van der Waals surface area contributed by atoms with Crippen LogP contribution in [0.15, 0.2) is 42.5 Å². The molecule has 0 fully saturated rings. The van der Waals surface area contributed by atoms with Gasteiger partial charge in [-0.1, -0.05) is 17.7 Å². The quantitative estimate of drug-likeness (QED) is 0.813. The molecule has 0 radical (unpaired) electrons. The van der Waals surface area contributed by atoms with Gasteiger partial charge in [-0.05, 0) is 36.4 Å². The third-order valence-electron chi connectivity index (χ3n) is 2.57. The van der Waals surface area contributed by atoms with Crippen LogP contribution < -0.4 is 16.4 Å².